The maximum atomic E-state index is 12.3. The quantitative estimate of drug-likeness (QED) is 0.721. The number of nitrogens with one attached hydrogen (secondary N) is 1. The third-order valence-corrected chi connectivity index (χ3v) is 5.60. The minimum absolute atomic E-state index is 0.0134. The number of nitrogens with zero attached hydrogens (tertiary/aromatic N) is 2. The third-order valence-electron chi connectivity index (χ3n) is 5.01. The van der Waals surface area contributed by atoms with Crippen molar-refractivity contribution >= 4 is 23.2 Å². The molecule has 0 aliphatic carbocycles. The smallest absolute Gasteiger partial charge is 0.475 e. The molecular formula is C19H22F3N3O5S. The number of amides is 1. The lowest BCUT2D eigenvalue weighted by Crippen LogP contribution is -2.47. The number of aryl methyl sites for hydroxylation is 1. The summed E-state index contributed by atoms with van der Waals surface area (Å²) in [6.07, 6.45) is -2.90. The zero-order chi connectivity index (χ0) is 22.6. The van der Waals surface area contributed by atoms with Crippen molar-refractivity contribution in [3.05, 3.63) is 40.2 Å². The summed E-state index contributed by atoms with van der Waals surface area (Å²) < 4.78 is 43.5. The van der Waals surface area contributed by atoms with E-state index >= 15 is 0 Å². The lowest BCUT2D eigenvalue weighted by Gasteiger charge is -2.32. The van der Waals surface area contributed by atoms with Crippen LogP contribution in [0.4, 0.5) is 13.2 Å². The Morgan fingerprint density at radius 3 is 2.71 bits per heavy atom. The van der Waals surface area contributed by atoms with Gasteiger partial charge in [0.1, 0.15) is 17.2 Å². The van der Waals surface area contributed by atoms with Crippen molar-refractivity contribution in [3.8, 4) is 0 Å². The van der Waals surface area contributed by atoms with Crippen molar-refractivity contribution in [3.63, 3.8) is 0 Å². The highest BCUT2D eigenvalue weighted by molar-refractivity contribution is 7.07. The molecule has 2 saturated heterocycles. The van der Waals surface area contributed by atoms with Crippen LogP contribution in [0.5, 0.6) is 0 Å². The number of carboxylic acids is 1. The van der Waals surface area contributed by atoms with Crippen LogP contribution in [0.3, 0.4) is 0 Å². The molecule has 4 rings (SSSR count). The first-order chi connectivity index (χ1) is 14.6. The molecule has 4 heterocycles. The number of aliphatic carboxylic acids is 1. The van der Waals surface area contributed by atoms with E-state index in [4.69, 9.17) is 19.1 Å². The zero-order valence-electron chi connectivity index (χ0n) is 16.6. The molecule has 0 bridgehead atoms. The first-order valence-corrected chi connectivity index (χ1v) is 10.5. The summed E-state index contributed by atoms with van der Waals surface area (Å²) >= 11 is 1.43. The van der Waals surface area contributed by atoms with Crippen LogP contribution in [-0.2, 0) is 16.1 Å². The number of carbonyl (C=O) groups is 2. The Hall–Kier alpha value is -2.44. The van der Waals surface area contributed by atoms with Gasteiger partial charge < -0.3 is 19.6 Å². The monoisotopic (exact) mass is 461 g/mol. The second-order valence-electron chi connectivity index (χ2n) is 7.24. The molecule has 1 amide bonds. The van der Waals surface area contributed by atoms with Crippen LogP contribution in [0.15, 0.2) is 27.4 Å². The number of halogens is 3. The van der Waals surface area contributed by atoms with Crippen LogP contribution < -0.4 is 5.32 Å². The Morgan fingerprint density at radius 2 is 2.13 bits per heavy atom. The van der Waals surface area contributed by atoms with Gasteiger partial charge in [0.05, 0.1) is 24.2 Å². The summed E-state index contributed by atoms with van der Waals surface area (Å²) in [5, 5.41) is 12.0. The van der Waals surface area contributed by atoms with Crippen molar-refractivity contribution in [2.45, 2.75) is 50.7 Å². The molecule has 2 aromatic heterocycles. The molecule has 12 heteroatoms. The summed E-state index contributed by atoms with van der Waals surface area (Å²) in [4.78, 5) is 27.7. The fraction of sp³-hybridized carbons (Fsp3) is 0.526. The van der Waals surface area contributed by atoms with Crippen molar-refractivity contribution < 1.29 is 37.0 Å². The highest BCUT2D eigenvalue weighted by Gasteiger charge is 2.45. The van der Waals surface area contributed by atoms with E-state index in [0.717, 1.165) is 44.1 Å². The Morgan fingerprint density at radius 1 is 1.39 bits per heavy atom. The van der Waals surface area contributed by atoms with Crippen LogP contribution in [0.2, 0.25) is 0 Å². The number of carboxylic acid groups (broad SMARTS) is 1. The zero-order valence-corrected chi connectivity index (χ0v) is 17.4. The van der Waals surface area contributed by atoms with Crippen LogP contribution >= 0.6 is 11.3 Å². The molecule has 2 N–H and O–H groups in total. The average Bonchev–Trinajstić information content (AvgIpc) is 3.44. The van der Waals surface area contributed by atoms with Crippen LogP contribution in [0.25, 0.3) is 0 Å². The molecule has 2 aromatic rings. The molecule has 0 saturated carbocycles. The minimum atomic E-state index is -5.08. The predicted octanol–water partition coefficient (Wildman–Crippen LogP) is 2.84. The van der Waals surface area contributed by atoms with Crippen molar-refractivity contribution in [2.75, 3.05) is 13.2 Å². The number of aromatic nitrogens is 1. The number of fused-ring (bicyclic) bond motifs is 1. The van der Waals surface area contributed by atoms with E-state index < -0.39 is 12.1 Å². The summed E-state index contributed by atoms with van der Waals surface area (Å²) in [6, 6.07) is 4.32. The fourth-order valence-electron chi connectivity index (χ4n) is 3.70. The van der Waals surface area contributed by atoms with E-state index in [2.05, 4.69) is 15.2 Å². The normalized spacial score (nSPS) is 23.5. The van der Waals surface area contributed by atoms with E-state index in [9.17, 15) is 18.0 Å². The van der Waals surface area contributed by atoms with Gasteiger partial charge in [0, 0.05) is 24.6 Å². The molecule has 170 valence electrons. The van der Waals surface area contributed by atoms with Crippen molar-refractivity contribution in [1.82, 2.24) is 15.2 Å². The molecular weight excluding hydrogens is 439 g/mol. The molecule has 0 aromatic carbocycles. The van der Waals surface area contributed by atoms with E-state index in [0.29, 0.717) is 11.7 Å². The van der Waals surface area contributed by atoms with Crippen LogP contribution in [-0.4, -0.2) is 64.4 Å². The number of hydrogen-bond donors (Lipinski definition) is 2. The standard InChI is InChI=1S/C17H21N3O3S.C2HF3O2/c1-11-4-5-12(23-11)7-20-8-13(16-15(20)3-2-6-22-16)19-17(21)14-9-24-10-18-14;3-2(4,5)1(6)7/h4-5,9-10,13,15-16H,2-3,6-8H2,1H3,(H,19,21);(H,6,7)/t13-,15-,16-;/m0./s1. The minimum Gasteiger partial charge on any atom is -0.475 e. The van der Waals surface area contributed by atoms with Crippen molar-refractivity contribution in [1.29, 1.82) is 0 Å². The fourth-order valence-corrected chi connectivity index (χ4v) is 4.23. The van der Waals surface area contributed by atoms with Gasteiger partial charge in [-0.05, 0) is 31.9 Å². The van der Waals surface area contributed by atoms with E-state index in [1.165, 1.54) is 11.3 Å². The maximum absolute atomic E-state index is 12.3. The SMILES string of the molecule is Cc1ccc(CN2C[C@H](NC(=O)c3cscn3)[C@@H]3OCCC[C@@H]32)o1.O=C(O)C(F)(F)F. The number of alkyl halides is 3. The van der Waals surface area contributed by atoms with Gasteiger partial charge in [-0.15, -0.1) is 11.3 Å². The molecule has 0 unspecified atom stereocenters. The van der Waals surface area contributed by atoms with E-state index in [1.807, 2.05) is 19.1 Å². The van der Waals surface area contributed by atoms with Gasteiger partial charge in [-0.1, -0.05) is 0 Å². The number of likely N-dealkylation sites (tertiary alicyclic amines) is 1. The average molecular weight is 461 g/mol. The molecule has 3 atom stereocenters. The second kappa shape index (κ2) is 9.79. The number of carbonyl (C=O) groups excluding carboxylic acids is 1. The lowest BCUT2D eigenvalue weighted by molar-refractivity contribution is -0.192. The summed E-state index contributed by atoms with van der Waals surface area (Å²) in [5.41, 5.74) is 2.15. The van der Waals surface area contributed by atoms with Gasteiger partial charge in [0.15, 0.2) is 0 Å². The van der Waals surface area contributed by atoms with Gasteiger partial charge in [0.25, 0.3) is 5.91 Å². The van der Waals surface area contributed by atoms with E-state index in [-0.39, 0.29) is 18.1 Å². The number of rotatable bonds is 4. The second-order valence-corrected chi connectivity index (χ2v) is 7.96. The van der Waals surface area contributed by atoms with Crippen LogP contribution in [0.1, 0.15) is 34.9 Å². The number of hydrogen-bond acceptors (Lipinski definition) is 7. The molecule has 31 heavy (non-hydrogen) atoms. The Balaban J connectivity index is 0.000000339. The summed E-state index contributed by atoms with van der Waals surface area (Å²) in [5.74, 6) is -0.991. The Kier molecular flexibility index (Phi) is 7.34. The van der Waals surface area contributed by atoms with Crippen LogP contribution in [0, 0.1) is 6.92 Å². The van der Waals surface area contributed by atoms with Gasteiger partial charge >= 0.3 is 12.1 Å². The highest BCUT2D eigenvalue weighted by Crippen LogP contribution is 2.30. The third kappa shape index (κ3) is 6.05. The van der Waals surface area contributed by atoms with Gasteiger partial charge in [-0.3, -0.25) is 9.69 Å². The van der Waals surface area contributed by atoms with Gasteiger partial charge in [-0.25, -0.2) is 9.78 Å². The Bertz CT molecular complexity index is 887. The molecule has 0 radical (unpaired) electrons. The topological polar surface area (TPSA) is 105 Å². The first-order valence-electron chi connectivity index (χ1n) is 9.55. The summed E-state index contributed by atoms with van der Waals surface area (Å²) in [7, 11) is 0. The van der Waals surface area contributed by atoms with Gasteiger partial charge in [0.2, 0.25) is 0 Å². The number of furan rings is 1. The van der Waals surface area contributed by atoms with Crippen molar-refractivity contribution in [2.24, 2.45) is 0 Å². The number of thiazole rings is 1. The van der Waals surface area contributed by atoms with E-state index in [1.54, 1.807) is 10.9 Å². The number of ether oxygens (including phenoxy) is 1. The maximum Gasteiger partial charge on any atom is 0.490 e. The molecule has 0 spiro atoms. The Labute approximate surface area is 180 Å². The largest absolute Gasteiger partial charge is 0.490 e. The van der Waals surface area contributed by atoms with Gasteiger partial charge in [-0.2, -0.15) is 13.2 Å². The first kappa shape index (κ1) is 23.2. The molecule has 2 aliphatic heterocycles. The highest BCUT2D eigenvalue weighted by atomic mass is 32.1. The summed E-state index contributed by atoms with van der Waals surface area (Å²) in [6.45, 7) is 4.24. The molecule has 2 fully saturated rings. The molecule has 8 nitrogen and oxygen atoms in total. The predicted molar refractivity (Wildman–Crippen MR) is 104 cm³/mol. The lowest BCUT2D eigenvalue weighted by atomic mass is 10.0. The molecule has 2 aliphatic rings.